The fourth-order valence-electron chi connectivity index (χ4n) is 4.94. The third-order valence-electron chi connectivity index (χ3n) is 7.10. The highest BCUT2D eigenvalue weighted by molar-refractivity contribution is 6.30. The smallest absolute Gasteiger partial charge is 0.244 e. The average molecular weight is 559 g/mol. The Bertz CT molecular complexity index is 1260. The van der Waals surface area contributed by atoms with Crippen LogP contribution in [0.1, 0.15) is 41.9 Å². The highest BCUT2D eigenvalue weighted by Gasteiger charge is 2.32. The van der Waals surface area contributed by atoms with Crippen LogP contribution in [0, 0.1) is 0 Å². The highest BCUT2D eigenvalue weighted by Crippen LogP contribution is 2.27. The molecule has 3 amide bonds. The maximum atomic E-state index is 13.7. The van der Waals surface area contributed by atoms with Crippen LogP contribution in [-0.2, 0) is 14.4 Å². The molecule has 4 N–H and O–H groups in total. The number of rotatable bonds is 11. The number of halogens is 1. The number of hydrogen-bond donors (Lipinski definition) is 3. The van der Waals surface area contributed by atoms with Gasteiger partial charge in [-0.1, -0.05) is 84.4 Å². The third-order valence-corrected chi connectivity index (χ3v) is 7.35. The molecule has 1 heterocycles. The Kier molecular flexibility index (Phi) is 10.5. The molecule has 208 valence electrons. The zero-order valence-corrected chi connectivity index (χ0v) is 23.1. The van der Waals surface area contributed by atoms with Crippen LogP contribution in [0.2, 0.25) is 5.02 Å². The first-order chi connectivity index (χ1) is 19.4. The minimum atomic E-state index is -0.575. The molecule has 1 aliphatic rings. The van der Waals surface area contributed by atoms with Gasteiger partial charge >= 0.3 is 0 Å². The SMILES string of the molecule is NC(=O)CC[C@@H]1N[C@H](CNC(=O)C=Cc2ccc(Cl)cc2)CCN(CC(c2ccccc2)c2ccccc2)C1=O. The molecular formula is C32H35ClN4O3. The summed E-state index contributed by atoms with van der Waals surface area (Å²) in [5.41, 5.74) is 8.54. The van der Waals surface area contributed by atoms with Crippen molar-refractivity contribution in [3.05, 3.63) is 113 Å². The number of nitrogens with two attached hydrogens (primary N) is 1. The molecule has 0 aromatic heterocycles. The summed E-state index contributed by atoms with van der Waals surface area (Å²) in [6, 6.07) is 26.8. The van der Waals surface area contributed by atoms with Gasteiger partial charge in [0.1, 0.15) is 0 Å². The quantitative estimate of drug-likeness (QED) is 0.308. The largest absolute Gasteiger partial charge is 0.370 e. The maximum Gasteiger partial charge on any atom is 0.244 e. The van der Waals surface area contributed by atoms with Crippen molar-refractivity contribution in [2.24, 2.45) is 5.73 Å². The van der Waals surface area contributed by atoms with Crippen molar-refractivity contribution in [1.82, 2.24) is 15.5 Å². The first-order valence-electron chi connectivity index (χ1n) is 13.5. The van der Waals surface area contributed by atoms with Gasteiger partial charge in [-0.15, -0.1) is 0 Å². The summed E-state index contributed by atoms with van der Waals surface area (Å²) in [6.07, 6.45) is 4.25. The molecule has 0 unspecified atom stereocenters. The Balaban J connectivity index is 1.46. The molecular weight excluding hydrogens is 524 g/mol. The van der Waals surface area contributed by atoms with Crippen LogP contribution < -0.4 is 16.4 Å². The first-order valence-corrected chi connectivity index (χ1v) is 13.9. The van der Waals surface area contributed by atoms with Gasteiger partial charge in [-0.3, -0.25) is 14.4 Å². The summed E-state index contributed by atoms with van der Waals surface area (Å²) in [5.74, 6) is -0.743. The van der Waals surface area contributed by atoms with E-state index in [4.69, 9.17) is 17.3 Å². The summed E-state index contributed by atoms with van der Waals surface area (Å²) in [4.78, 5) is 39.7. The molecule has 1 saturated heterocycles. The van der Waals surface area contributed by atoms with Gasteiger partial charge in [0.05, 0.1) is 6.04 Å². The Morgan fingerprint density at radius 1 is 1.00 bits per heavy atom. The van der Waals surface area contributed by atoms with E-state index in [1.54, 1.807) is 18.2 Å². The lowest BCUT2D eigenvalue weighted by Gasteiger charge is -2.29. The van der Waals surface area contributed by atoms with Crippen LogP contribution in [0.25, 0.3) is 6.08 Å². The average Bonchev–Trinajstić information content (AvgIpc) is 3.12. The molecule has 3 aromatic rings. The lowest BCUT2D eigenvalue weighted by molar-refractivity contribution is -0.133. The van der Waals surface area contributed by atoms with E-state index >= 15 is 0 Å². The van der Waals surface area contributed by atoms with Crippen LogP contribution >= 0.6 is 11.6 Å². The molecule has 0 saturated carbocycles. The fourth-order valence-corrected chi connectivity index (χ4v) is 5.07. The Hall–Kier alpha value is -3.94. The normalized spacial score (nSPS) is 17.6. The maximum absolute atomic E-state index is 13.7. The molecule has 0 spiro atoms. The molecule has 0 bridgehead atoms. The van der Waals surface area contributed by atoms with Gasteiger partial charge in [0.15, 0.2) is 0 Å². The molecule has 0 aliphatic carbocycles. The second kappa shape index (κ2) is 14.4. The van der Waals surface area contributed by atoms with E-state index in [0.29, 0.717) is 37.5 Å². The van der Waals surface area contributed by atoms with E-state index in [1.807, 2.05) is 53.4 Å². The Morgan fingerprint density at radius 3 is 2.23 bits per heavy atom. The van der Waals surface area contributed by atoms with E-state index in [2.05, 4.69) is 34.9 Å². The molecule has 7 nitrogen and oxygen atoms in total. The van der Waals surface area contributed by atoms with Crippen LogP contribution in [0.3, 0.4) is 0 Å². The van der Waals surface area contributed by atoms with Gasteiger partial charge in [0.2, 0.25) is 17.7 Å². The number of nitrogens with one attached hydrogen (secondary N) is 2. The van der Waals surface area contributed by atoms with Crippen molar-refractivity contribution in [2.45, 2.75) is 37.3 Å². The van der Waals surface area contributed by atoms with Crippen molar-refractivity contribution in [1.29, 1.82) is 0 Å². The van der Waals surface area contributed by atoms with E-state index in [1.165, 1.54) is 6.08 Å². The summed E-state index contributed by atoms with van der Waals surface area (Å²) < 4.78 is 0. The number of carbonyl (C=O) groups is 3. The molecule has 1 aliphatic heterocycles. The predicted octanol–water partition coefficient (Wildman–Crippen LogP) is 4.13. The molecule has 3 aromatic carbocycles. The lowest BCUT2D eigenvalue weighted by atomic mass is 9.90. The van der Waals surface area contributed by atoms with Gasteiger partial charge in [-0.05, 0) is 47.7 Å². The van der Waals surface area contributed by atoms with Crippen molar-refractivity contribution in [2.75, 3.05) is 19.6 Å². The van der Waals surface area contributed by atoms with Crippen molar-refractivity contribution in [3.63, 3.8) is 0 Å². The van der Waals surface area contributed by atoms with Gasteiger partial charge in [0, 0.05) is 49.1 Å². The summed E-state index contributed by atoms with van der Waals surface area (Å²) in [5, 5.41) is 6.95. The zero-order chi connectivity index (χ0) is 28.3. The second-order valence-corrected chi connectivity index (χ2v) is 10.4. The molecule has 2 atom stereocenters. The van der Waals surface area contributed by atoms with Crippen LogP contribution in [0.5, 0.6) is 0 Å². The number of hydrogen-bond acceptors (Lipinski definition) is 4. The van der Waals surface area contributed by atoms with Crippen molar-refractivity contribution < 1.29 is 14.4 Å². The minimum Gasteiger partial charge on any atom is -0.370 e. The van der Waals surface area contributed by atoms with Crippen molar-refractivity contribution >= 4 is 35.4 Å². The van der Waals surface area contributed by atoms with E-state index in [0.717, 1.165) is 16.7 Å². The van der Waals surface area contributed by atoms with Crippen LogP contribution in [0.15, 0.2) is 91.0 Å². The van der Waals surface area contributed by atoms with Crippen LogP contribution in [0.4, 0.5) is 0 Å². The number of nitrogens with zero attached hydrogens (tertiary/aromatic N) is 1. The molecule has 40 heavy (non-hydrogen) atoms. The molecule has 4 rings (SSSR count). The first kappa shape index (κ1) is 29.1. The molecule has 0 radical (unpaired) electrons. The monoisotopic (exact) mass is 558 g/mol. The third kappa shape index (κ3) is 8.53. The van der Waals surface area contributed by atoms with Crippen molar-refractivity contribution in [3.8, 4) is 0 Å². The summed E-state index contributed by atoms with van der Waals surface area (Å²) in [7, 11) is 0. The standard InChI is InChI=1S/C32H35ClN4O3/c33-26-14-11-23(12-15-26)13-18-31(39)35-21-27-19-20-37(32(40)29(36-27)16-17-30(34)38)22-28(24-7-3-1-4-8-24)25-9-5-2-6-10-25/h1-15,18,27-29,36H,16-17,19-22H2,(H2,34,38)(H,35,39)/t27-,29-/m0/s1. The zero-order valence-electron chi connectivity index (χ0n) is 22.3. The van der Waals surface area contributed by atoms with Gasteiger partial charge < -0.3 is 21.3 Å². The Labute approximate surface area is 240 Å². The topological polar surface area (TPSA) is 105 Å². The van der Waals surface area contributed by atoms with E-state index in [9.17, 15) is 14.4 Å². The summed E-state index contributed by atoms with van der Waals surface area (Å²) in [6.45, 7) is 1.37. The van der Waals surface area contributed by atoms with Crippen LogP contribution in [-0.4, -0.2) is 54.3 Å². The number of benzene rings is 3. The Morgan fingerprint density at radius 2 is 1.62 bits per heavy atom. The number of amides is 3. The van der Waals surface area contributed by atoms with Gasteiger partial charge in [-0.25, -0.2) is 0 Å². The van der Waals surface area contributed by atoms with E-state index < -0.39 is 11.9 Å². The number of primary amides is 1. The van der Waals surface area contributed by atoms with Gasteiger partial charge in [-0.2, -0.15) is 0 Å². The second-order valence-electron chi connectivity index (χ2n) is 10.00. The summed E-state index contributed by atoms with van der Waals surface area (Å²) >= 11 is 5.92. The number of carbonyl (C=O) groups excluding carboxylic acids is 3. The minimum absolute atomic E-state index is 0.00241. The predicted molar refractivity (Wildman–Crippen MR) is 159 cm³/mol. The van der Waals surface area contributed by atoms with Gasteiger partial charge in [0.25, 0.3) is 0 Å². The molecule has 8 heteroatoms. The molecule has 1 fully saturated rings. The lowest BCUT2D eigenvalue weighted by Crippen LogP contribution is -2.49. The van der Waals surface area contributed by atoms with E-state index in [-0.39, 0.29) is 30.2 Å². The highest BCUT2D eigenvalue weighted by atomic mass is 35.5. The fraction of sp³-hybridized carbons (Fsp3) is 0.281.